The second-order valence-electron chi connectivity index (χ2n) is 7.08. The number of nitrogens with one attached hydrogen (secondary N) is 2. The standard InChI is InChI=1S/C26H22N2O4/c1-31-20-14-15-24(32-2)23(16-20)26(30)28-19-12-10-18(11-13-19)27-25(29)22-9-5-7-17-6-3-4-8-21(17)22/h3-16H,1-2H3,(H,27,29)(H,28,30). The number of carbonyl (C=O) groups excluding carboxylic acids is 2. The summed E-state index contributed by atoms with van der Waals surface area (Å²) in [6, 6.07) is 25.3. The van der Waals surface area contributed by atoms with Crippen LogP contribution in [0.1, 0.15) is 20.7 Å². The van der Waals surface area contributed by atoms with Gasteiger partial charge < -0.3 is 20.1 Å². The minimum absolute atomic E-state index is 0.195. The molecule has 0 saturated heterocycles. The van der Waals surface area contributed by atoms with E-state index in [1.165, 1.54) is 14.2 Å². The highest BCUT2D eigenvalue weighted by molar-refractivity contribution is 6.13. The number of methoxy groups -OCH3 is 2. The lowest BCUT2D eigenvalue weighted by molar-refractivity contribution is 0.101. The zero-order chi connectivity index (χ0) is 22.5. The zero-order valence-corrected chi connectivity index (χ0v) is 17.7. The summed E-state index contributed by atoms with van der Waals surface area (Å²) >= 11 is 0. The number of anilines is 2. The molecular weight excluding hydrogens is 404 g/mol. The van der Waals surface area contributed by atoms with Crippen molar-refractivity contribution >= 4 is 34.0 Å². The Labute approximate surface area is 185 Å². The molecule has 0 fully saturated rings. The molecule has 4 aromatic rings. The monoisotopic (exact) mass is 426 g/mol. The topological polar surface area (TPSA) is 76.7 Å². The first kappa shape index (κ1) is 20.9. The summed E-state index contributed by atoms with van der Waals surface area (Å²) in [6.07, 6.45) is 0. The number of hydrogen-bond donors (Lipinski definition) is 2. The largest absolute Gasteiger partial charge is 0.497 e. The van der Waals surface area contributed by atoms with Gasteiger partial charge in [-0.1, -0.05) is 36.4 Å². The molecule has 0 unspecified atom stereocenters. The molecule has 0 aliphatic heterocycles. The number of hydrogen-bond acceptors (Lipinski definition) is 4. The van der Waals surface area contributed by atoms with E-state index in [1.54, 1.807) is 48.5 Å². The van der Waals surface area contributed by atoms with Gasteiger partial charge in [-0.15, -0.1) is 0 Å². The molecule has 2 N–H and O–H groups in total. The molecule has 6 heteroatoms. The van der Waals surface area contributed by atoms with E-state index in [9.17, 15) is 9.59 Å². The Balaban J connectivity index is 1.48. The van der Waals surface area contributed by atoms with Crippen LogP contribution in [0.5, 0.6) is 11.5 Å². The number of ether oxygens (including phenoxy) is 2. The summed E-state index contributed by atoms with van der Waals surface area (Å²) in [4.78, 5) is 25.5. The van der Waals surface area contributed by atoms with E-state index in [2.05, 4.69) is 10.6 Å². The van der Waals surface area contributed by atoms with Crippen molar-refractivity contribution in [3.05, 3.63) is 96.1 Å². The predicted octanol–water partition coefficient (Wildman–Crippen LogP) is 5.36. The Morgan fingerprint density at radius 2 is 1.28 bits per heavy atom. The maximum atomic E-state index is 12.8. The van der Waals surface area contributed by atoms with Crippen LogP contribution < -0.4 is 20.1 Å². The van der Waals surface area contributed by atoms with Crippen LogP contribution in [0.15, 0.2) is 84.9 Å². The van der Waals surface area contributed by atoms with E-state index in [4.69, 9.17) is 9.47 Å². The molecule has 0 bridgehead atoms. The molecule has 4 aromatic carbocycles. The zero-order valence-electron chi connectivity index (χ0n) is 17.7. The molecule has 0 radical (unpaired) electrons. The van der Waals surface area contributed by atoms with Gasteiger partial charge in [0, 0.05) is 16.9 Å². The third-order valence-corrected chi connectivity index (χ3v) is 5.09. The van der Waals surface area contributed by atoms with Crippen LogP contribution in [-0.2, 0) is 0 Å². The van der Waals surface area contributed by atoms with Crippen molar-refractivity contribution in [2.24, 2.45) is 0 Å². The minimum atomic E-state index is -0.326. The van der Waals surface area contributed by atoms with E-state index in [1.807, 2.05) is 36.4 Å². The quantitative estimate of drug-likeness (QED) is 0.435. The van der Waals surface area contributed by atoms with Crippen molar-refractivity contribution in [1.82, 2.24) is 0 Å². The number of carbonyl (C=O) groups is 2. The van der Waals surface area contributed by atoms with Crippen LogP contribution in [0.3, 0.4) is 0 Å². The van der Waals surface area contributed by atoms with E-state index in [0.717, 1.165) is 10.8 Å². The molecule has 0 aliphatic carbocycles. The first-order valence-electron chi connectivity index (χ1n) is 10.0. The lowest BCUT2D eigenvalue weighted by atomic mass is 10.0. The van der Waals surface area contributed by atoms with Gasteiger partial charge in [-0.05, 0) is 59.3 Å². The van der Waals surface area contributed by atoms with Crippen LogP contribution in [0, 0.1) is 0 Å². The summed E-state index contributed by atoms with van der Waals surface area (Å²) in [5, 5.41) is 7.64. The Hall–Kier alpha value is -4.32. The second kappa shape index (κ2) is 9.22. The fourth-order valence-electron chi connectivity index (χ4n) is 3.45. The summed E-state index contributed by atoms with van der Waals surface area (Å²) in [6.45, 7) is 0. The van der Waals surface area contributed by atoms with Crippen LogP contribution in [-0.4, -0.2) is 26.0 Å². The maximum absolute atomic E-state index is 12.8. The second-order valence-corrected chi connectivity index (χ2v) is 7.08. The summed E-state index contributed by atoms with van der Waals surface area (Å²) in [5.74, 6) is 0.484. The van der Waals surface area contributed by atoms with Crippen molar-refractivity contribution in [3.63, 3.8) is 0 Å². The van der Waals surface area contributed by atoms with E-state index in [0.29, 0.717) is 34.0 Å². The third kappa shape index (κ3) is 4.39. The fraction of sp³-hybridized carbons (Fsp3) is 0.0769. The highest BCUT2D eigenvalue weighted by Crippen LogP contribution is 2.25. The first-order chi connectivity index (χ1) is 15.6. The van der Waals surface area contributed by atoms with E-state index in [-0.39, 0.29) is 11.8 Å². The van der Waals surface area contributed by atoms with Crippen LogP contribution >= 0.6 is 0 Å². The van der Waals surface area contributed by atoms with Gasteiger partial charge in [0.15, 0.2) is 0 Å². The number of fused-ring (bicyclic) bond motifs is 1. The molecule has 0 heterocycles. The molecule has 2 amide bonds. The smallest absolute Gasteiger partial charge is 0.259 e. The number of benzene rings is 4. The molecular formula is C26H22N2O4. The van der Waals surface area contributed by atoms with E-state index >= 15 is 0 Å². The molecule has 0 aliphatic rings. The molecule has 160 valence electrons. The number of amides is 2. The predicted molar refractivity (Wildman–Crippen MR) is 126 cm³/mol. The lowest BCUT2D eigenvalue weighted by Gasteiger charge is -2.12. The fourth-order valence-corrected chi connectivity index (χ4v) is 3.45. The van der Waals surface area contributed by atoms with Gasteiger partial charge in [-0.2, -0.15) is 0 Å². The van der Waals surface area contributed by atoms with Crippen molar-refractivity contribution in [2.45, 2.75) is 0 Å². The van der Waals surface area contributed by atoms with Gasteiger partial charge in [0.2, 0.25) is 0 Å². The summed E-state index contributed by atoms with van der Waals surface area (Å²) < 4.78 is 10.5. The highest BCUT2D eigenvalue weighted by Gasteiger charge is 2.14. The van der Waals surface area contributed by atoms with E-state index < -0.39 is 0 Å². The van der Waals surface area contributed by atoms with Crippen molar-refractivity contribution in [2.75, 3.05) is 24.9 Å². The van der Waals surface area contributed by atoms with Gasteiger partial charge in [0.05, 0.1) is 19.8 Å². The van der Waals surface area contributed by atoms with Crippen molar-refractivity contribution in [3.8, 4) is 11.5 Å². The van der Waals surface area contributed by atoms with Crippen LogP contribution in [0.4, 0.5) is 11.4 Å². The first-order valence-corrected chi connectivity index (χ1v) is 10.0. The maximum Gasteiger partial charge on any atom is 0.259 e. The summed E-state index contributed by atoms with van der Waals surface area (Å²) in [5.41, 5.74) is 2.17. The molecule has 0 aromatic heterocycles. The molecule has 0 spiro atoms. The van der Waals surface area contributed by atoms with Crippen LogP contribution in [0.2, 0.25) is 0 Å². The van der Waals surface area contributed by atoms with Gasteiger partial charge >= 0.3 is 0 Å². The SMILES string of the molecule is COc1ccc(OC)c(C(=O)Nc2ccc(NC(=O)c3cccc4ccccc34)cc2)c1. The summed E-state index contributed by atoms with van der Waals surface area (Å²) in [7, 11) is 3.04. The van der Waals surface area contributed by atoms with Gasteiger partial charge in [0.25, 0.3) is 11.8 Å². The minimum Gasteiger partial charge on any atom is -0.497 e. The molecule has 32 heavy (non-hydrogen) atoms. The molecule has 4 rings (SSSR count). The average Bonchev–Trinajstić information content (AvgIpc) is 2.84. The third-order valence-electron chi connectivity index (χ3n) is 5.09. The van der Waals surface area contributed by atoms with Gasteiger partial charge in [-0.25, -0.2) is 0 Å². The van der Waals surface area contributed by atoms with Gasteiger partial charge in [-0.3, -0.25) is 9.59 Å². The van der Waals surface area contributed by atoms with Gasteiger partial charge in [0.1, 0.15) is 11.5 Å². The highest BCUT2D eigenvalue weighted by atomic mass is 16.5. The lowest BCUT2D eigenvalue weighted by Crippen LogP contribution is -2.14. The average molecular weight is 426 g/mol. The Morgan fingerprint density at radius 1 is 0.656 bits per heavy atom. The van der Waals surface area contributed by atoms with Crippen molar-refractivity contribution < 1.29 is 19.1 Å². The van der Waals surface area contributed by atoms with Crippen molar-refractivity contribution in [1.29, 1.82) is 0 Å². The molecule has 0 saturated carbocycles. The van der Waals surface area contributed by atoms with Crippen LogP contribution in [0.25, 0.3) is 10.8 Å². The Kier molecular flexibility index (Phi) is 6.03. The Bertz CT molecular complexity index is 1280. The Morgan fingerprint density at radius 3 is 1.94 bits per heavy atom. The molecule has 6 nitrogen and oxygen atoms in total. The molecule has 0 atom stereocenters. The normalized spacial score (nSPS) is 10.4. The number of rotatable bonds is 6.